The Balaban J connectivity index is -0.000000218. The summed E-state index contributed by atoms with van der Waals surface area (Å²) in [6.45, 7) is 12.2. The summed E-state index contributed by atoms with van der Waals surface area (Å²) in [6.07, 6.45) is 4.71. The van der Waals surface area contributed by atoms with Crippen LogP contribution in [0.25, 0.3) is 0 Å². The predicted octanol–water partition coefficient (Wildman–Crippen LogP) is 3.60. The molecule has 0 fully saturated rings. The molecule has 1 N–H and O–H groups in total. The Bertz CT molecular complexity index is 115. The van der Waals surface area contributed by atoms with Gasteiger partial charge in [-0.2, -0.15) is 0 Å². The largest absolute Gasteiger partial charge is 0.353 e. The molecule has 0 atom stereocenters. The molecule has 0 aromatic heterocycles. The van der Waals surface area contributed by atoms with Gasteiger partial charge in [-0.1, -0.05) is 40.2 Å². The molecule has 0 heterocycles. The second kappa shape index (κ2) is 22.5. The average Bonchev–Trinajstić information content (AvgIpc) is 2.24. The van der Waals surface area contributed by atoms with Crippen molar-refractivity contribution in [2.45, 2.75) is 48.0 Å². The van der Waals surface area contributed by atoms with Gasteiger partial charge in [-0.15, -0.1) is 0 Å². The Morgan fingerprint density at radius 3 is 2.00 bits per heavy atom. The van der Waals surface area contributed by atoms with Crippen LogP contribution in [-0.4, -0.2) is 13.4 Å². The monoisotopic (exact) mass is 186 g/mol. The Kier molecular flexibility index (Phi) is 31.3. The van der Waals surface area contributed by atoms with Gasteiger partial charge in [0, 0.05) is 13.2 Å². The first-order valence-corrected chi connectivity index (χ1v) is 5.13. The number of hydrogen-bond acceptors (Lipinski definition) is 1. The van der Waals surface area contributed by atoms with E-state index in [1.807, 2.05) is 33.9 Å². The predicted molar refractivity (Wildman–Crippen MR) is 64.3 cm³/mol. The highest BCUT2D eigenvalue weighted by Crippen LogP contribution is 1.93. The van der Waals surface area contributed by atoms with Crippen LogP contribution in [0, 0.1) is 0 Å². The molecule has 13 heavy (non-hydrogen) atoms. The van der Waals surface area contributed by atoms with Crippen molar-refractivity contribution in [2.75, 3.05) is 7.05 Å². The summed E-state index contributed by atoms with van der Waals surface area (Å²) in [5.41, 5.74) is 1.33. The van der Waals surface area contributed by atoms with Gasteiger partial charge in [-0.05, 0) is 13.3 Å². The average molecular weight is 186 g/mol. The Morgan fingerprint density at radius 2 is 1.69 bits per heavy atom. The third-order valence-corrected chi connectivity index (χ3v) is 1.09. The second-order valence-electron chi connectivity index (χ2n) is 1.90. The molecule has 0 radical (unpaired) electrons. The molecule has 0 aromatic rings. The normalized spacial score (nSPS) is 9.62. The van der Waals surface area contributed by atoms with Crippen molar-refractivity contribution in [1.29, 1.82) is 0 Å². The van der Waals surface area contributed by atoms with Crippen LogP contribution in [0.2, 0.25) is 0 Å². The molecule has 0 aromatic carbocycles. The van der Waals surface area contributed by atoms with Gasteiger partial charge in [0.15, 0.2) is 0 Å². The summed E-state index contributed by atoms with van der Waals surface area (Å²) in [6, 6.07) is 0. The minimum absolute atomic E-state index is 1.09. The summed E-state index contributed by atoms with van der Waals surface area (Å²) in [7, 11) is 1.74. The molecule has 2 heteroatoms. The minimum atomic E-state index is 1.09. The lowest BCUT2D eigenvalue weighted by molar-refractivity contribution is 1.06. The maximum atomic E-state index is 3.76. The van der Waals surface area contributed by atoms with Crippen LogP contribution in [0.3, 0.4) is 0 Å². The van der Waals surface area contributed by atoms with Crippen molar-refractivity contribution in [1.82, 2.24) is 5.32 Å². The van der Waals surface area contributed by atoms with E-state index in [0.717, 1.165) is 6.42 Å². The van der Waals surface area contributed by atoms with E-state index < -0.39 is 0 Å². The number of rotatable bonds is 3. The van der Waals surface area contributed by atoms with E-state index in [1.165, 1.54) is 5.57 Å². The minimum Gasteiger partial charge on any atom is -0.353 e. The summed E-state index contributed by atoms with van der Waals surface area (Å²) < 4.78 is 0. The van der Waals surface area contributed by atoms with Crippen LogP contribution in [-0.2, 0) is 0 Å². The van der Waals surface area contributed by atoms with Crippen LogP contribution >= 0.6 is 0 Å². The maximum Gasteiger partial charge on any atom is 0.0859 e. The highest BCUT2D eigenvalue weighted by Gasteiger charge is 1.77. The van der Waals surface area contributed by atoms with Gasteiger partial charge in [-0.25, -0.2) is 0 Å². The summed E-state index contributed by atoms with van der Waals surface area (Å²) in [5.74, 6) is 0. The third kappa shape index (κ3) is 24.7. The Morgan fingerprint density at radius 1 is 1.23 bits per heavy atom. The van der Waals surface area contributed by atoms with Gasteiger partial charge in [0.05, 0.1) is 6.34 Å². The zero-order valence-electron chi connectivity index (χ0n) is 10.3. The van der Waals surface area contributed by atoms with E-state index in [-0.39, 0.29) is 0 Å². The highest BCUT2D eigenvalue weighted by molar-refractivity contribution is 5.55. The number of aliphatic imine (C=N–C) groups is 1. The van der Waals surface area contributed by atoms with Gasteiger partial charge in [0.25, 0.3) is 0 Å². The van der Waals surface area contributed by atoms with E-state index >= 15 is 0 Å². The fourth-order valence-electron chi connectivity index (χ4n) is 0.356. The number of nitrogens with one attached hydrogen (secondary N) is 1. The van der Waals surface area contributed by atoms with E-state index in [9.17, 15) is 0 Å². The lowest BCUT2D eigenvalue weighted by Crippen LogP contribution is -2.00. The van der Waals surface area contributed by atoms with Gasteiger partial charge in [-0.3, -0.25) is 4.99 Å². The third-order valence-electron chi connectivity index (χ3n) is 1.09. The maximum absolute atomic E-state index is 3.76. The van der Waals surface area contributed by atoms with Gasteiger partial charge < -0.3 is 5.32 Å². The van der Waals surface area contributed by atoms with E-state index in [2.05, 4.69) is 24.2 Å². The first-order chi connectivity index (χ1) is 6.31. The molecule has 0 aliphatic heterocycles. The zero-order chi connectivity index (χ0) is 11.1. The molecular weight excluding hydrogens is 160 g/mol. The molecule has 0 aliphatic carbocycles. The quantitative estimate of drug-likeness (QED) is 0.528. The first-order valence-electron chi connectivity index (χ1n) is 5.13. The number of allylic oxidation sites excluding steroid dienone is 1. The zero-order valence-corrected chi connectivity index (χ0v) is 10.3. The van der Waals surface area contributed by atoms with E-state index in [4.69, 9.17) is 0 Å². The molecular formula is C11H26N2. The topological polar surface area (TPSA) is 24.4 Å². The fourth-order valence-corrected chi connectivity index (χ4v) is 0.356. The van der Waals surface area contributed by atoms with Crippen LogP contribution in [0.1, 0.15) is 48.0 Å². The van der Waals surface area contributed by atoms with Gasteiger partial charge in [0.2, 0.25) is 0 Å². The smallest absolute Gasteiger partial charge is 0.0859 e. The lowest BCUT2D eigenvalue weighted by Gasteiger charge is -1.92. The molecule has 2 nitrogen and oxygen atoms in total. The lowest BCUT2D eigenvalue weighted by atomic mass is 10.3. The first kappa shape index (κ1) is 18.1. The number of nitrogens with zero attached hydrogens (tertiary/aromatic N) is 1. The molecule has 0 rings (SSSR count). The number of hydrogen-bond donors (Lipinski definition) is 1. The van der Waals surface area contributed by atoms with Gasteiger partial charge in [0.1, 0.15) is 0 Å². The van der Waals surface area contributed by atoms with Crippen molar-refractivity contribution in [2.24, 2.45) is 4.99 Å². The second-order valence-corrected chi connectivity index (χ2v) is 1.90. The Hall–Kier alpha value is -0.790. The summed E-state index contributed by atoms with van der Waals surface area (Å²) >= 11 is 0. The molecule has 0 aliphatic rings. The van der Waals surface area contributed by atoms with Crippen molar-refractivity contribution < 1.29 is 0 Å². The molecule has 0 amide bonds. The van der Waals surface area contributed by atoms with Crippen molar-refractivity contribution in [3.05, 3.63) is 11.8 Å². The van der Waals surface area contributed by atoms with Gasteiger partial charge >= 0.3 is 0 Å². The fraction of sp³-hybridized carbons (Fsp3) is 0.727. The summed E-state index contributed by atoms with van der Waals surface area (Å²) in [4.78, 5) is 3.76. The molecule has 0 saturated heterocycles. The summed E-state index contributed by atoms with van der Waals surface area (Å²) in [5, 5.41) is 2.93. The van der Waals surface area contributed by atoms with Crippen molar-refractivity contribution >= 4 is 6.34 Å². The van der Waals surface area contributed by atoms with Crippen molar-refractivity contribution in [3.63, 3.8) is 0 Å². The molecule has 0 unspecified atom stereocenters. The molecule has 0 bridgehead atoms. The van der Waals surface area contributed by atoms with Crippen LogP contribution < -0.4 is 5.32 Å². The van der Waals surface area contributed by atoms with E-state index in [1.54, 1.807) is 13.4 Å². The van der Waals surface area contributed by atoms with Crippen molar-refractivity contribution in [3.8, 4) is 0 Å². The standard InChI is InChI=1S/C7H14N2.2C2H6/c1-4-7(2)5-9-6-8-3;2*1-2/h5-6H,4H2,1-3H3,(H,8,9);2*1-2H3/b7-5-;;. The molecule has 0 spiro atoms. The van der Waals surface area contributed by atoms with Crippen LogP contribution in [0.5, 0.6) is 0 Å². The highest BCUT2D eigenvalue weighted by atomic mass is 14.9. The van der Waals surface area contributed by atoms with Crippen LogP contribution in [0.15, 0.2) is 16.8 Å². The SMILES string of the molecule is CC.CC.CC/C(C)=C\NC=NC. The van der Waals surface area contributed by atoms with Crippen LogP contribution in [0.4, 0.5) is 0 Å². The molecule has 80 valence electrons. The Labute approximate surface area is 84.2 Å². The van der Waals surface area contributed by atoms with E-state index in [0.29, 0.717) is 0 Å². The molecule has 0 saturated carbocycles.